The number of thiophene rings is 6. The van der Waals surface area contributed by atoms with Crippen molar-refractivity contribution in [2.75, 3.05) is 0 Å². The van der Waals surface area contributed by atoms with Crippen molar-refractivity contribution in [3.63, 3.8) is 0 Å². The van der Waals surface area contributed by atoms with Gasteiger partial charge < -0.3 is 0 Å². The van der Waals surface area contributed by atoms with E-state index in [0.29, 0.717) is 32.8 Å². The molecule has 4 aliphatic carbocycles. The van der Waals surface area contributed by atoms with Crippen molar-refractivity contribution >= 4 is 161 Å². The quantitative estimate of drug-likeness (QED) is 0.0130. The standard InChI is InChI=1S/C88H78F4N4O2S10/c1-7-11-15-19-23-51-27-31-55(103-51)47-99-87(100-48-56-32-28-52(104-56)24-20-16-12-8-2)81-61-39-68-62(40-67(61)85-71(81)37-59(107-85)35-69-79(77(45-93)95-5)63-41-73(89)75(91)43-65(63)83(69)97)82(72-38-60(108-86(68)72)36-70-80(78(46-94)96-6)64-42-74(90)76(92)44-66(64)84(70)98)88(101-49-57-33-29-53(105-57)25-21-17-13-9-3)102-50-58-34-30-54(106-58)26-22-18-14-10-4/h27-44H,7-26,47-50H2,1-4H3/b69-35-,70-36-,79-77-,80-78+. The van der Waals surface area contributed by atoms with Gasteiger partial charge in [0.1, 0.15) is 0 Å². The first-order valence-corrected chi connectivity index (χ1v) is 45.8. The van der Waals surface area contributed by atoms with Gasteiger partial charge in [0.05, 0.1) is 25.3 Å². The number of carbonyl (C=O) groups is 2. The lowest BCUT2D eigenvalue weighted by Crippen LogP contribution is -1.97. The molecule has 0 amide bonds. The van der Waals surface area contributed by atoms with Crippen LogP contribution in [-0.4, -0.2) is 11.6 Å². The van der Waals surface area contributed by atoms with Crippen LogP contribution >= 0.6 is 115 Å². The second-order valence-electron chi connectivity index (χ2n) is 27.2. The van der Waals surface area contributed by atoms with Gasteiger partial charge in [-0.1, -0.05) is 105 Å². The van der Waals surface area contributed by atoms with E-state index in [1.165, 1.54) is 139 Å². The molecule has 0 radical (unpaired) electrons. The molecule has 6 heterocycles. The molecule has 0 unspecified atom stereocenters. The van der Waals surface area contributed by atoms with Crippen LogP contribution in [0.5, 0.6) is 0 Å². The summed E-state index contributed by atoms with van der Waals surface area (Å²) in [6.45, 7) is 25.1. The third-order valence-electron chi connectivity index (χ3n) is 19.7. The fourth-order valence-electron chi connectivity index (χ4n) is 14.2. The number of halogens is 4. The summed E-state index contributed by atoms with van der Waals surface area (Å²) in [7, 11) is 0. The van der Waals surface area contributed by atoms with Crippen LogP contribution < -0.4 is 0 Å². The SMILES string of the molecule is [C-]#[N+]/C(C#N)=C1\C(=C\c2cc3c(s2)-c2cc4c(cc2C3=C(SCc2ccc(CCCCCC)s2)SCc2ccc(CCCCCC)s2)-c2sc(/C=C3\C(=O)c5cc(F)c(F)cc5\C3=C(\C#N)[N+]#[C-])cc2C4=C(SCc2ccc(CCCCCC)s2)SCc2ccc(CCCCCC)s2)C(=O)c2cc(F)c(F)cc21. The summed E-state index contributed by atoms with van der Waals surface area (Å²) in [5.74, 6) is -3.26. The number of aryl methyl sites for hydroxylation is 4. The largest absolute Gasteiger partial charge is 0.289 e. The van der Waals surface area contributed by atoms with Crippen LogP contribution in [0.15, 0.2) is 128 Å². The number of nitriles is 2. The molecular formula is C88H78F4N4O2S10. The highest BCUT2D eigenvalue weighted by atomic mass is 32.2. The molecule has 3 aromatic carbocycles. The molecule has 0 spiro atoms. The number of hydrogen-bond acceptors (Lipinski definition) is 14. The van der Waals surface area contributed by atoms with Gasteiger partial charge in [0.25, 0.3) is 11.4 Å². The second-order valence-corrected chi connectivity index (χ2v) is 38.9. The number of hydrogen-bond donors (Lipinski definition) is 0. The number of benzene rings is 3. The van der Waals surface area contributed by atoms with Crippen LogP contribution in [-0.2, 0) is 48.7 Å². The minimum atomic E-state index is -1.21. The minimum absolute atomic E-state index is 0.00318. The lowest BCUT2D eigenvalue weighted by Gasteiger charge is -2.15. The Bertz CT molecular complexity index is 4880. The molecule has 0 bridgehead atoms. The summed E-state index contributed by atoms with van der Waals surface area (Å²) in [5.41, 5.74) is 6.66. The van der Waals surface area contributed by atoms with Crippen LogP contribution in [0.1, 0.15) is 233 Å². The van der Waals surface area contributed by atoms with Crippen LogP contribution in [0.25, 0.3) is 65.0 Å². The molecule has 0 saturated heterocycles. The van der Waals surface area contributed by atoms with Crippen LogP contribution in [0.2, 0.25) is 0 Å². The highest BCUT2D eigenvalue weighted by Crippen LogP contribution is 2.61. The van der Waals surface area contributed by atoms with Gasteiger partial charge in [-0.05, 0) is 183 Å². The molecule has 6 aromatic heterocycles. The molecule has 20 heteroatoms. The molecule has 13 rings (SSSR count). The normalized spacial score (nSPS) is 14.8. The first-order chi connectivity index (χ1) is 52.6. The Hall–Kier alpha value is -7.28. The van der Waals surface area contributed by atoms with E-state index < -0.39 is 46.2 Å². The van der Waals surface area contributed by atoms with E-state index in [4.69, 9.17) is 13.1 Å². The van der Waals surface area contributed by atoms with Crippen molar-refractivity contribution in [2.45, 2.75) is 179 Å². The van der Waals surface area contributed by atoms with E-state index in [1.54, 1.807) is 12.2 Å². The second kappa shape index (κ2) is 36.7. The van der Waals surface area contributed by atoms with E-state index >= 15 is 17.6 Å². The van der Waals surface area contributed by atoms with Gasteiger partial charge in [-0.25, -0.2) is 37.8 Å². The minimum Gasteiger partial charge on any atom is -0.289 e. The Balaban J connectivity index is 1.03. The molecule has 108 heavy (non-hydrogen) atoms. The van der Waals surface area contributed by atoms with E-state index in [2.05, 4.69) is 110 Å². The molecule has 550 valence electrons. The maximum absolute atomic E-state index is 15.3. The highest BCUT2D eigenvalue weighted by Gasteiger charge is 2.40. The zero-order valence-corrected chi connectivity index (χ0v) is 68.7. The van der Waals surface area contributed by atoms with Gasteiger partial charge in [-0.15, -0.1) is 115 Å². The number of Topliss-reactive ketones (excluding diaryl/α,β-unsaturated/α-hetero) is 2. The average Bonchev–Trinajstić information content (AvgIpc) is 1.55. The Morgan fingerprint density at radius 2 is 0.657 bits per heavy atom. The summed E-state index contributed by atoms with van der Waals surface area (Å²) < 4.78 is 63.0. The van der Waals surface area contributed by atoms with Gasteiger partial charge in [0, 0.05) is 157 Å². The van der Waals surface area contributed by atoms with Gasteiger partial charge in [-0.3, -0.25) is 9.59 Å². The lowest BCUT2D eigenvalue weighted by atomic mass is 9.98. The molecule has 6 nitrogen and oxygen atoms in total. The molecule has 9 aromatic rings. The van der Waals surface area contributed by atoms with Gasteiger partial charge in [-0.2, -0.15) is 0 Å². The Morgan fingerprint density at radius 1 is 0.370 bits per heavy atom. The summed E-state index contributed by atoms with van der Waals surface area (Å²) in [4.78, 5) is 50.1. The number of fused-ring (bicyclic) bond motifs is 8. The first kappa shape index (κ1) is 78.8. The van der Waals surface area contributed by atoms with E-state index in [1.807, 2.05) is 105 Å². The summed E-state index contributed by atoms with van der Waals surface area (Å²) >= 11 is 17.6. The summed E-state index contributed by atoms with van der Waals surface area (Å²) in [6, 6.07) is 34.4. The van der Waals surface area contributed by atoms with Crippen molar-refractivity contribution in [1.82, 2.24) is 0 Å². The predicted molar refractivity (Wildman–Crippen MR) is 455 cm³/mol. The van der Waals surface area contributed by atoms with Crippen LogP contribution in [0, 0.1) is 59.1 Å². The molecule has 0 saturated carbocycles. The predicted octanol–water partition coefficient (Wildman–Crippen LogP) is 29.1. The topological polar surface area (TPSA) is 90.4 Å². The number of nitrogens with zero attached hydrogens (tertiary/aromatic N) is 4. The molecule has 0 aliphatic heterocycles. The van der Waals surface area contributed by atoms with Crippen molar-refractivity contribution < 1.29 is 27.2 Å². The number of carbonyl (C=O) groups excluding carboxylic acids is 2. The average molecular weight is 1620 g/mol. The Labute approximate surface area is 672 Å². The molecular weight excluding hydrogens is 1540 g/mol. The fourth-order valence-corrected chi connectivity index (χ4v) is 25.9. The third-order valence-corrected chi connectivity index (χ3v) is 32.3. The van der Waals surface area contributed by atoms with Gasteiger partial charge >= 0.3 is 0 Å². The molecule has 0 N–H and O–H groups in total. The molecule has 0 fully saturated rings. The van der Waals surface area contributed by atoms with E-state index in [9.17, 15) is 20.1 Å². The van der Waals surface area contributed by atoms with Gasteiger partial charge in [0.2, 0.25) is 0 Å². The fraction of sp³-hybridized carbons (Fsp3) is 0.318. The summed E-state index contributed by atoms with van der Waals surface area (Å²) in [5, 5.41) is 20.9. The smallest absolute Gasteiger partial charge is 0.270 e. The van der Waals surface area contributed by atoms with Crippen molar-refractivity contribution in [3.8, 4) is 33.0 Å². The Kier molecular flexibility index (Phi) is 26.8. The maximum atomic E-state index is 15.3. The number of ketones is 2. The van der Waals surface area contributed by atoms with Crippen molar-refractivity contribution in [2.24, 2.45) is 0 Å². The number of thioether (sulfide) groups is 4. The Morgan fingerprint density at radius 3 is 0.944 bits per heavy atom. The van der Waals surface area contributed by atoms with Gasteiger partial charge in [0.15, 0.2) is 34.8 Å². The zero-order chi connectivity index (χ0) is 75.5. The number of rotatable bonds is 34. The first-order valence-electron chi connectivity index (χ1n) is 37.0. The third kappa shape index (κ3) is 17.4. The van der Waals surface area contributed by atoms with Crippen molar-refractivity contribution in [1.29, 1.82) is 10.5 Å². The number of allylic oxidation sites excluding steroid dienone is 6. The summed E-state index contributed by atoms with van der Waals surface area (Å²) in [6.07, 6.45) is 26.2. The van der Waals surface area contributed by atoms with Crippen LogP contribution in [0.4, 0.5) is 17.6 Å². The van der Waals surface area contributed by atoms with E-state index in [0.717, 1.165) is 138 Å². The monoisotopic (exact) mass is 1620 g/mol. The number of unbranched alkanes of at least 4 members (excludes halogenated alkanes) is 12. The zero-order valence-electron chi connectivity index (χ0n) is 60.6. The van der Waals surface area contributed by atoms with Crippen LogP contribution in [0.3, 0.4) is 0 Å². The van der Waals surface area contributed by atoms with Crippen molar-refractivity contribution in [3.05, 3.63) is 267 Å². The highest BCUT2D eigenvalue weighted by molar-refractivity contribution is 8.22. The molecule has 4 aliphatic rings. The lowest BCUT2D eigenvalue weighted by molar-refractivity contribution is 0.103. The maximum Gasteiger partial charge on any atom is 0.270 e. The molecule has 0 atom stereocenters. The van der Waals surface area contributed by atoms with E-state index in [-0.39, 0.29) is 44.5 Å².